The summed E-state index contributed by atoms with van der Waals surface area (Å²) in [5.74, 6) is 0. The summed E-state index contributed by atoms with van der Waals surface area (Å²) in [6.07, 6.45) is 1.57. The highest BCUT2D eigenvalue weighted by Gasteiger charge is 2.18. The number of rotatable bonds is 4. The molecule has 0 unspecified atom stereocenters. The average molecular weight is 410 g/mol. The summed E-state index contributed by atoms with van der Waals surface area (Å²) in [7, 11) is -4.45. The van der Waals surface area contributed by atoms with E-state index < -0.39 is 10.1 Å². The van der Waals surface area contributed by atoms with Crippen LogP contribution in [-0.2, 0) is 10.1 Å². The Kier molecular flexibility index (Phi) is 4.63. The van der Waals surface area contributed by atoms with E-state index in [4.69, 9.17) is 5.73 Å². The van der Waals surface area contributed by atoms with Crippen LogP contribution in [0.25, 0.3) is 21.3 Å². The van der Waals surface area contributed by atoms with Crippen LogP contribution < -0.4 is 5.73 Å². The Labute approximate surface area is 165 Å². The van der Waals surface area contributed by atoms with Crippen LogP contribution in [0.2, 0.25) is 0 Å². The van der Waals surface area contributed by atoms with Crippen molar-refractivity contribution in [2.24, 2.45) is 10.2 Å². The van der Waals surface area contributed by atoms with Crippen molar-refractivity contribution >= 4 is 49.3 Å². The standard InChI is InChI=1S/C19H14N4O3S2/c20-19-14-5-2-1-4-13(14)18(28(24,25)26)10-16(19)23-22-12-7-8-15(21-11-12)17-6-3-9-27-17/h1-11H,20H2,(H,24,25,26)/b23-22+. The molecule has 0 spiro atoms. The fourth-order valence-corrected chi connectivity index (χ4v) is 4.19. The van der Waals surface area contributed by atoms with Gasteiger partial charge in [0.2, 0.25) is 0 Å². The number of aromatic nitrogens is 1. The Bertz CT molecular complexity index is 1280. The zero-order chi connectivity index (χ0) is 19.7. The molecular weight excluding hydrogens is 396 g/mol. The Morgan fingerprint density at radius 3 is 2.43 bits per heavy atom. The number of nitrogens with two attached hydrogens (primary N) is 1. The number of nitrogen functional groups attached to an aromatic ring is 1. The van der Waals surface area contributed by atoms with Gasteiger partial charge in [0.15, 0.2) is 0 Å². The second-order valence-electron chi connectivity index (χ2n) is 5.91. The third-order valence-corrected chi connectivity index (χ3v) is 5.89. The SMILES string of the molecule is Nc1c(/N=N/c2ccc(-c3cccs3)nc2)cc(S(=O)(=O)O)c2ccccc12. The lowest BCUT2D eigenvalue weighted by molar-refractivity contribution is 0.484. The van der Waals surface area contributed by atoms with Gasteiger partial charge in [-0.2, -0.15) is 8.42 Å². The molecule has 2 aromatic carbocycles. The lowest BCUT2D eigenvalue weighted by atomic mass is 10.1. The molecule has 28 heavy (non-hydrogen) atoms. The van der Waals surface area contributed by atoms with E-state index in [9.17, 15) is 13.0 Å². The number of azo groups is 1. The zero-order valence-corrected chi connectivity index (χ0v) is 16.0. The van der Waals surface area contributed by atoms with Gasteiger partial charge in [-0.3, -0.25) is 9.54 Å². The fraction of sp³-hybridized carbons (Fsp3) is 0. The molecule has 0 aliphatic carbocycles. The lowest BCUT2D eigenvalue weighted by Crippen LogP contribution is -2.01. The molecule has 0 aliphatic heterocycles. The van der Waals surface area contributed by atoms with Crippen molar-refractivity contribution in [3.05, 3.63) is 66.2 Å². The van der Waals surface area contributed by atoms with E-state index in [2.05, 4.69) is 15.2 Å². The topological polar surface area (TPSA) is 118 Å². The van der Waals surface area contributed by atoms with Crippen LogP contribution >= 0.6 is 11.3 Å². The van der Waals surface area contributed by atoms with E-state index in [0.717, 1.165) is 10.6 Å². The summed E-state index contributed by atoms with van der Waals surface area (Å²) in [5.41, 5.74) is 7.87. The molecule has 7 nitrogen and oxygen atoms in total. The number of pyridine rings is 1. The van der Waals surface area contributed by atoms with Gasteiger partial charge in [-0.1, -0.05) is 30.3 Å². The molecule has 140 valence electrons. The number of fused-ring (bicyclic) bond motifs is 1. The van der Waals surface area contributed by atoms with Crippen LogP contribution in [0.15, 0.2) is 81.3 Å². The molecule has 0 saturated carbocycles. The van der Waals surface area contributed by atoms with Crippen molar-refractivity contribution in [1.29, 1.82) is 0 Å². The molecule has 0 saturated heterocycles. The first-order chi connectivity index (χ1) is 13.4. The van der Waals surface area contributed by atoms with Crippen LogP contribution in [0.4, 0.5) is 17.1 Å². The van der Waals surface area contributed by atoms with Crippen LogP contribution in [0.3, 0.4) is 0 Å². The van der Waals surface area contributed by atoms with Crippen molar-refractivity contribution in [2.45, 2.75) is 4.90 Å². The summed E-state index contributed by atoms with van der Waals surface area (Å²) in [6, 6.07) is 15.3. The molecule has 4 rings (SSSR count). The van der Waals surface area contributed by atoms with Gasteiger partial charge in [0.25, 0.3) is 10.1 Å². The van der Waals surface area contributed by atoms with Gasteiger partial charge in [-0.05, 0) is 29.6 Å². The molecule has 2 heterocycles. The first-order valence-electron chi connectivity index (χ1n) is 8.14. The van der Waals surface area contributed by atoms with Gasteiger partial charge >= 0.3 is 0 Å². The van der Waals surface area contributed by atoms with Gasteiger partial charge in [-0.15, -0.1) is 21.6 Å². The molecular formula is C19H14N4O3S2. The van der Waals surface area contributed by atoms with E-state index in [0.29, 0.717) is 16.5 Å². The van der Waals surface area contributed by atoms with E-state index in [1.165, 1.54) is 6.07 Å². The summed E-state index contributed by atoms with van der Waals surface area (Å²) < 4.78 is 33.1. The molecule has 2 aromatic heterocycles. The second kappa shape index (κ2) is 7.12. The average Bonchev–Trinajstić information content (AvgIpc) is 3.22. The monoisotopic (exact) mass is 410 g/mol. The number of hydrogen-bond acceptors (Lipinski definition) is 7. The van der Waals surface area contributed by atoms with Crippen molar-refractivity contribution in [3.8, 4) is 10.6 Å². The Morgan fingerprint density at radius 2 is 1.79 bits per heavy atom. The molecule has 0 amide bonds. The van der Waals surface area contributed by atoms with Crippen molar-refractivity contribution in [2.75, 3.05) is 5.73 Å². The van der Waals surface area contributed by atoms with E-state index in [1.807, 2.05) is 23.6 Å². The largest absolute Gasteiger partial charge is 0.396 e. The zero-order valence-electron chi connectivity index (χ0n) is 14.4. The highest BCUT2D eigenvalue weighted by Crippen LogP contribution is 2.36. The van der Waals surface area contributed by atoms with Crippen LogP contribution in [0, 0.1) is 0 Å². The van der Waals surface area contributed by atoms with E-state index in [-0.39, 0.29) is 16.3 Å². The molecule has 0 atom stereocenters. The number of anilines is 1. The minimum Gasteiger partial charge on any atom is -0.396 e. The van der Waals surface area contributed by atoms with Crippen LogP contribution in [0.1, 0.15) is 0 Å². The summed E-state index contributed by atoms with van der Waals surface area (Å²) >= 11 is 1.59. The maximum absolute atomic E-state index is 11.8. The molecule has 0 bridgehead atoms. The fourth-order valence-electron chi connectivity index (χ4n) is 2.77. The van der Waals surface area contributed by atoms with Crippen molar-refractivity contribution < 1.29 is 13.0 Å². The highest BCUT2D eigenvalue weighted by atomic mass is 32.2. The van der Waals surface area contributed by atoms with Crippen molar-refractivity contribution in [3.63, 3.8) is 0 Å². The summed E-state index contributed by atoms with van der Waals surface area (Å²) in [6.45, 7) is 0. The molecule has 3 N–H and O–H groups in total. The number of thiophene rings is 1. The molecule has 0 aliphatic rings. The van der Waals surface area contributed by atoms with Gasteiger partial charge in [-0.25, -0.2) is 0 Å². The number of nitrogens with zero attached hydrogens (tertiary/aromatic N) is 3. The predicted molar refractivity (Wildman–Crippen MR) is 110 cm³/mol. The highest BCUT2D eigenvalue weighted by molar-refractivity contribution is 7.86. The molecule has 9 heteroatoms. The minimum atomic E-state index is -4.45. The smallest absolute Gasteiger partial charge is 0.295 e. The van der Waals surface area contributed by atoms with Crippen LogP contribution in [-0.4, -0.2) is 18.0 Å². The van der Waals surface area contributed by atoms with Crippen LogP contribution in [0.5, 0.6) is 0 Å². The predicted octanol–water partition coefficient (Wildman–Crippen LogP) is 5.21. The first kappa shape index (κ1) is 18.2. The number of hydrogen-bond donors (Lipinski definition) is 2. The maximum Gasteiger partial charge on any atom is 0.295 e. The minimum absolute atomic E-state index is 0.147. The van der Waals surface area contributed by atoms with Gasteiger partial charge in [0.05, 0.1) is 22.5 Å². The molecule has 4 aromatic rings. The Balaban J connectivity index is 1.74. The lowest BCUT2D eigenvalue weighted by Gasteiger charge is -2.09. The van der Waals surface area contributed by atoms with Gasteiger partial charge in [0.1, 0.15) is 16.3 Å². The second-order valence-corrected chi connectivity index (χ2v) is 8.24. The third-order valence-electron chi connectivity index (χ3n) is 4.10. The molecule has 0 radical (unpaired) electrons. The normalized spacial score (nSPS) is 12.0. The Morgan fingerprint density at radius 1 is 1.00 bits per heavy atom. The summed E-state index contributed by atoms with van der Waals surface area (Å²) in [4.78, 5) is 5.13. The van der Waals surface area contributed by atoms with E-state index >= 15 is 0 Å². The van der Waals surface area contributed by atoms with Gasteiger partial charge in [0, 0.05) is 10.8 Å². The Hall–Kier alpha value is -3.14. The van der Waals surface area contributed by atoms with Gasteiger partial charge < -0.3 is 5.73 Å². The number of benzene rings is 2. The summed E-state index contributed by atoms with van der Waals surface area (Å²) in [5, 5.41) is 10.9. The molecule has 0 fully saturated rings. The quantitative estimate of drug-likeness (QED) is 0.272. The van der Waals surface area contributed by atoms with Crippen molar-refractivity contribution in [1.82, 2.24) is 4.98 Å². The first-order valence-corrected chi connectivity index (χ1v) is 10.5. The van der Waals surface area contributed by atoms with E-state index in [1.54, 1.807) is 47.9 Å². The maximum atomic E-state index is 11.8. The third kappa shape index (κ3) is 3.50.